The minimum Gasteiger partial charge on any atom is -0.334 e. The average molecular weight is 383 g/mol. The number of Topliss-reactive ketones (excluding diaryl/α,β-unsaturated/α-hetero) is 1. The van der Waals surface area contributed by atoms with Crippen molar-refractivity contribution >= 4 is 23.3 Å². The maximum Gasteiger partial charge on any atom is 0.254 e. The Morgan fingerprint density at radius 1 is 1.04 bits per heavy atom. The first kappa shape index (κ1) is 18.2. The van der Waals surface area contributed by atoms with Crippen LogP contribution in [0.15, 0.2) is 48.5 Å². The van der Waals surface area contributed by atoms with Crippen molar-refractivity contribution in [3.8, 4) is 0 Å². The second kappa shape index (κ2) is 7.83. The van der Waals surface area contributed by atoms with Gasteiger partial charge in [-0.1, -0.05) is 29.8 Å². The second-order valence-electron chi connectivity index (χ2n) is 7.49. The van der Waals surface area contributed by atoms with E-state index in [-0.39, 0.29) is 11.7 Å². The van der Waals surface area contributed by atoms with Gasteiger partial charge in [0.15, 0.2) is 5.78 Å². The number of piperidine rings is 1. The molecular weight excluding hydrogens is 360 g/mol. The second-order valence-corrected chi connectivity index (χ2v) is 7.93. The van der Waals surface area contributed by atoms with Crippen molar-refractivity contribution in [2.75, 3.05) is 26.2 Å². The molecule has 5 heteroatoms. The lowest BCUT2D eigenvalue weighted by Crippen LogP contribution is -2.40. The van der Waals surface area contributed by atoms with E-state index in [9.17, 15) is 9.59 Å². The Kier molecular flexibility index (Phi) is 5.28. The van der Waals surface area contributed by atoms with E-state index in [1.807, 2.05) is 29.2 Å². The molecule has 0 bridgehead atoms. The van der Waals surface area contributed by atoms with Gasteiger partial charge < -0.3 is 4.90 Å². The predicted octanol–water partition coefficient (Wildman–Crippen LogP) is 3.89. The van der Waals surface area contributed by atoms with Crippen LogP contribution in [0.2, 0.25) is 5.02 Å². The molecule has 0 atom stereocenters. The lowest BCUT2D eigenvalue weighted by atomic mass is 9.95. The van der Waals surface area contributed by atoms with E-state index in [0.717, 1.165) is 50.1 Å². The monoisotopic (exact) mass is 382 g/mol. The summed E-state index contributed by atoms with van der Waals surface area (Å²) in [6.45, 7) is 3.79. The van der Waals surface area contributed by atoms with E-state index < -0.39 is 0 Å². The van der Waals surface area contributed by atoms with Crippen LogP contribution in [0.1, 0.15) is 39.1 Å². The molecular formula is C22H23ClN2O2. The number of amides is 1. The molecule has 1 saturated heterocycles. The smallest absolute Gasteiger partial charge is 0.254 e. The topological polar surface area (TPSA) is 40.6 Å². The Balaban J connectivity index is 1.27. The summed E-state index contributed by atoms with van der Waals surface area (Å²) >= 11 is 5.88. The summed E-state index contributed by atoms with van der Waals surface area (Å²) in [6.07, 6.45) is 2.04. The lowest BCUT2D eigenvalue weighted by Gasteiger charge is -2.33. The largest absolute Gasteiger partial charge is 0.334 e. The molecule has 0 aromatic heterocycles. The zero-order valence-electron chi connectivity index (χ0n) is 15.2. The number of benzene rings is 2. The van der Waals surface area contributed by atoms with Crippen LogP contribution in [-0.2, 0) is 6.54 Å². The fraction of sp³-hybridized carbons (Fsp3) is 0.364. The van der Waals surface area contributed by atoms with Gasteiger partial charge in [-0.05, 0) is 67.7 Å². The molecule has 0 N–H and O–H groups in total. The number of hydrogen-bond donors (Lipinski definition) is 0. The van der Waals surface area contributed by atoms with Crippen molar-refractivity contribution in [3.05, 3.63) is 70.2 Å². The molecule has 4 rings (SSSR count). The molecule has 2 aromatic rings. The highest BCUT2D eigenvalue weighted by Gasteiger charge is 2.30. The van der Waals surface area contributed by atoms with Crippen molar-refractivity contribution < 1.29 is 9.59 Å². The van der Waals surface area contributed by atoms with E-state index in [2.05, 4.69) is 4.90 Å². The van der Waals surface area contributed by atoms with Gasteiger partial charge in [0.1, 0.15) is 0 Å². The normalized spacial score (nSPS) is 18.0. The molecule has 0 unspecified atom stereocenters. The number of halogens is 1. The van der Waals surface area contributed by atoms with Crippen LogP contribution in [0.4, 0.5) is 0 Å². The summed E-state index contributed by atoms with van der Waals surface area (Å²) in [5, 5.41) is 0.644. The zero-order chi connectivity index (χ0) is 18.8. The SMILES string of the molecule is O=C(CN1CCC(CN2Cc3ccccc3C2=O)CC1)c1ccc(Cl)cc1. The third-order valence-electron chi connectivity index (χ3n) is 5.62. The molecule has 1 fully saturated rings. The van der Waals surface area contributed by atoms with Crippen molar-refractivity contribution in [2.24, 2.45) is 5.92 Å². The standard InChI is InChI=1S/C22H23ClN2O2/c23-19-7-5-17(6-8-19)21(26)15-24-11-9-16(10-12-24)13-25-14-18-3-1-2-4-20(18)22(25)27/h1-8,16H,9-15H2. The Bertz CT molecular complexity index is 842. The van der Waals surface area contributed by atoms with Gasteiger partial charge >= 0.3 is 0 Å². The molecule has 2 heterocycles. The maximum absolute atomic E-state index is 12.5. The number of likely N-dealkylation sites (tertiary alicyclic amines) is 1. The Hall–Kier alpha value is -2.17. The molecule has 1 amide bonds. The molecule has 0 radical (unpaired) electrons. The molecule has 4 nitrogen and oxygen atoms in total. The van der Waals surface area contributed by atoms with Crippen molar-refractivity contribution in [1.29, 1.82) is 0 Å². The lowest BCUT2D eigenvalue weighted by molar-refractivity contribution is 0.0707. The minimum absolute atomic E-state index is 0.135. The summed E-state index contributed by atoms with van der Waals surface area (Å²) in [5.74, 6) is 0.798. The van der Waals surface area contributed by atoms with E-state index in [1.165, 1.54) is 0 Å². The molecule has 0 aliphatic carbocycles. The van der Waals surface area contributed by atoms with Crippen LogP contribution in [0, 0.1) is 5.92 Å². The van der Waals surface area contributed by atoms with Crippen LogP contribution in [0.5, 0.6) is 0 Å². The number of carbonyl (C=O) groups is 2. The summed E-state index contributed by atoms with van der Waals surface area (Å²) in [4.78, 5) is 29.1. The van der Waals surface area contributed by atoms with Crippen LogP contribution in [-0.4, -0.2) is 47.7 Å². The van der Waals surface area contributed by atoms with Gasteiger partial charge in [0, 0.05) is 29.2 Å². The third kappa shape index (κ3) is 4.07. The number of rotatable bonds is 5. The number of nitrogens with zero attached hydrogens (tertiary/aromatic N) is 2. The summed E-state index contributed by atoms with van der Waals surface area (Å²) in [5.41, 5.74) is 2.69. The quantitative estimate of drug-likeness (QED) is 0.736. The highest BCUT2D eigenvalue weighted by Crippen LogP contribution is 2.26. The van der Waals surface area contributed by atoms with Gasteiger partial charge in [-0.3, -0.25) is 14.5 Å². The molecule has 2 aromatic carbocycles. The van der Waals surface area contributed by atoms with E-state index in [1.54, 1.807) is 24.3 Å². The average Bonchev–Trinajstić information content (AvgIpc) is 3.00. The van der Waals surface area contributed by atoms with E-state index in [0.29, 0.717) is 23.0 Å². The third-order valence-corrected chi connectivity index (χ3v) is 5.87. The molecule has 27 heavy (non-hydrogen) atoms. The first-order valence-corrected chi connectivity index (χ1v) is 9.86. The number of fused-ring (bicyclic) bond motifs is 1. The Labute approximate surface area is 164 Å². The predicted molar refractivity (Wildman–Crippen MR) is 106 cm³/mol. The van der Waals surface area contributed by atoms with E-state index >= 15 is 0 Å². The molecule has 2 aliphatic heterocycles. The highest BCUT2D eigenvalue weighted by molar-refractivity contribution is 6.30. The highest BCUT2D eigenvalue weighted by atomic mass is 35.5. The van der Waals surface area contributed by atoms with Gasteiger partial charge in [0.2, 0.25) is 0 Å². The van der Waals surface area contributed by atoms with Gasteiger partial charge in [-0.2, -0.15) is 0 Å². The zero-order valence-corrected chi connectivity index (χ0v) is 16.0. The van der Waals surface area contributed by atoms with E-state index in [4.69, 9.17) is 11.6 Å². The maximum atomic E-state index is 12.5. The first-order valence-electron chi connectivity index (χ1n) is 9.48. The van der Waals surface area contributed by atoms with Crippen LogP contribution in [0.25, 0.3) is 0 Å². The number of ketones is 1. The molecule has 2 aliphatic rings. The first-order chi connectivity index (χ1) is 13.1. The molecule has 140 valence electrons. The summed E-state index contributed by atoms with van der Waals surface area (Å²) in [6, 6.07) is 15.0. The molecule has 0 spiro atoms. The summed E-state index contributed by atoms with van der Waals surface area (Å²) < 4.78 is 0. The van der Waals surface area contributed by atoms with Crippen LogP contribution < -0.4 is 0 Å². The van der Waals surface area contributed by atoms with Crippen LogP contribution >= 0.6 is 11.6 Å². The minimum atomic E-state index is 0.135. The fourth-order valence-electron chi connectivity index (χ4n) is 4.03. The van der Waals surface area contributed by atoms with Gasteiger partial charge in [-0.15, -0.1) is 0 Å². The number of hydrogen-bond acceptors (Lipinski definition) is 3. The molecule has 0 saturated carbocycles. The van der Waals surface area contributed by atoms with Gasteiger partial charge in [0.05, 0.1) is 6.54 Å². The van der Waals surface area contributed by atoms with Crippen molar-refractivity contribution in [1.82, 2.24) is 9.80 Å². The number of carbonyl (C=O) groups excluding carboxylic acids is 2. The Morgan fingerprint density at radius 2 is 1.74 bits per heavy atom. The van der Waals surface area contributed by atoms with Crippen LogP contribution in [0.3, 0.4) is 0 Å². The van der Waals surface area contributed by atoms with Gasteiger partial charge in [0.25, 0.3) is 5.91 Å². The Morgan fingerprint density at radius 3 is 2.44 bits per heavy atom. The fourth-order valence-corrected chi connectivity index (χ4v) is 4.16. The summed E-state index contributed by atoms with van der Waals surface area (Å²) in [7, 11) is 0. The van der Waals surface area contributed by atoms with Crippen molar-refractivity contribution in [2.45, 2.75) is 19.4 Å². The van der Waals surface area contributed by atoms with Crippen molar-refractivity contribution in [3.63, 3.8) is 0 Å². The van der Waals surface area contributed by atoms with Gasteiger partial charge in [-0.25, -0.2) is 0 Å².